The lowest BCUT2D eigenvalue weighted by Crippen LogP contribution is -2.25. The maximum Gasteiger partial charge on any atom is 0.248 e. The molecule has 0 aliphatic heterocycles. The van der Waals surface area contributed by atoms with Gasteiger partial charge in [-0.1, -0.05) is 11.6 Å². The summed E-state index contributed by atoms with van der Waals surface area (Å²) in [5.41, 5.74) is 8.54. The van der Waals surface area contributed by atoms with Crippen molar-refractivity contribution >= 4 is 28.9 Å². The summed E-state index contributed by atoms with van der Waals surface area (Å²) in [6.45, 7) is 5.60. The van der Waals surface area contributed by atoms with Crippen molar-refractivity contribution in [2.45, 2.75) is 26.8 Å². The van der Waals surface area contributed by atoms with Gasteiger partial charge < -0.3 is 11.1 Å². The average Bonchev–Trinajstić information content (AvgIpc) is 2.71. The second-order valence-corrected chi connectivity index (χ2v) is 5.18. The molecule has 1 heterocycles. The van der Waals surface area contributed by atoms with Crippen LogP contribution < -0.4 is 11.1 Å². The van der Waals surface area contributed by atoms with Crippen molar-refractivity contribution in [3.05, 3.63) is 40.7 Å². The van der Waals surface area contributed by atoms with Crippen LogP contribution in [-0.4, -0.2) is 15.7 Å². The third kappa shape index (κ3) is 2.93. The molecule has 1 aromatic carbocycles. The molecule has 6 heteroatoms. The number of benzene rings is 1. The number of anilines is 2. The van der Waals surface area contributed by atoms with Crippen LogP contribution in [0.25, 0.3) is 0 Å². The SMILES string of the molecule is Cc1cc(C)n([C@H](C)C(=O)Nc2ccc(N)cc2Cl)n1. The molecule has 0 radical (unpaired) electrons. The molecule has 0 saturated carbocycles. The summed E-state index contributed by atoms with van der Waals surface area (Å²) in [6, 6.07) is 6.49. The molecule has 0 fully saturated rings. The second-order valence-electron chi connectivity index (χ2n) is 4.78. The summed E-state index contributed by atoms with van der Waals surface area (Å²) in [5, 5.41) is 7.51. The van der Waals surface area contributed by atoms with Crippen LogP contribution in [0.5, 0.6) is 0 Å². The number of hydrogen-bond acceptors (Lipinski definition) is 3. The summed E-state index contributed by atoms with van der Waals surface area (Å²) < 4.78 is 1.69. The van der Waals surface area contributed by atoms with Crippen LogP contribution in [0, 0.1) is 13.8 Å². The van der Waals surface area contributed by atoms with E-state index in [0.717, 1.165) is 11.4 Å². The van der Waals surface area contributed by atoms with Crippen molar-refractivity contribution in [3.63, 3.8) is 0 Å². The van der Waals surface area contributed by atoms with Crippen LogP contribution in [0.1, 0.15) is 24.4 Å². The number of nitrogens with two attached hydrogens (primary N) is 1. The van der Waals surface area contributed by atoms with E-state index < -0.39 is 6.04 Å². The number of amides is 1. The van der Waals surface area contributed by atoms with Crippen LogP contribution >= 0.6 is 11.6 Å². The normalized spacial score (nSPS) is 12.2. The predicted molar refractivity (Wildman–Crippen MR) is 80.9 cm³/mol. The van der Waals surface area contributed by atoms with Crippen LogP contribution in [0.2, 0.25) is 5.02 Å². The Morgan fingerprint density at radius 1 is 1.40 bits per heavy atom. The van der Waals surface area contributed by atoms with Crippen LogP contribution in [0.4, 0.5) is 11.4 Å². The zero-order chi connectivity index (χ0) is 14.9. The Labute approximate surface area is 122 Å². The van der Waals surface area contributed by atoms with Gasteiger partial charge in [-0.15, -0.1) is 0 Å². The van der Waals surface area contributed by atoms with Gasteiger partial charge in [0.1, 0.15) is 6.04 Å². The Hall–Kier alpha value is -2.01. The second kappa shape index (κ2) is 5.54. The molecule has 2 rings (SSSR count). The van der Waals surface area contributed by atoms with Gasteiger partial charge in [-0.2, -0.15) is 5.10 Å². The minimum Gasteiger partial charge on any atom is -0.399 e. The molecule has 106 valence electrons. The van der Waals surface area contributed by atoms with Gasteiger partial charge in [0, 0.05) is 11.4 Å². The van der Waals surface area contributed by atoms with Gasteiger partial charge in [0.2, 0.25) is 5.91 Å². The Kier molecular flexibility index (Phi) is 3.99. The molecule has 20 heavy (non-hydrogen) atoms. The quantitative estimate of drug-likeness (QED) is 0.854. The van der Waals surface area contributed by atoms with E-state index in [1.165, 1.54) is 0 Å². The molecule has 1 atom stereocenters. The first-order valence-corrected chi connectivity index (χ1v) is 6.65. The van der Waals surface area contributed by atoms with Gasteiger partial charge in [0.15, 0.2) is 0 Å². The molecule has 1 amide bonds. The summed E-state index contributed by atoms with van der Waals surface area (Å²) in [7, 11) is 0. The first kappa shape index (κ1) is 14.4. The standard InChI is InChI=1S/C14H17ClN4O/c1-8-6-9(2)19(18-8)10(3)14(20)17-13-5-4-11(16)7-12(13)15/h4-7,10H,16H2,1-3H3,(H,17,20)/t10-/m1/s1. The Morgan fingerprint density at radius 2 is 2.10 bits per heavy atom. The first-order valence-electron chi connectivity index (χ1n) is 6.27. The summed E-state index contributed by atoms with van der Waals surface area (Å²) in [6.07, 6.45) is 0. The van der Waals surface area contributed by atoms with Crippen molar-refractivity contribution in [1.82, 2.24) is 9.78 Å². The lowest BCUT2D eigenvalue weighted by molar-refractivity contribution is -0.119. The fraction of sp³-hybridized carbons (Fsp3) is 0.286. The van der Waals surface area contributed by atoms with Crippen molar-refractivity contribution in [1.29, 1.82) is 0 Å². The largest absolute Gasteiger partial charge is 0.399 e. The third-order valence-corrected chi connectivity index (χ3v) is 3.35. The number of aryl methyl sites for hydroxylation is 2. The van der Waals surface area contributed by atoms with Crippen molar-refractivity contribution in [3.8, 4) is 0 Å². The molecular formula is C14H17ClN4O. The van der Waals surface area contributed by atoms with Crippen molar-refractivity contribution in [2.75, 3.05) is 11.1 Å². The van der Waals surface area contributed by atoms with E-state index in [1.807, 2.05) is 19.9 Å². The van der Waals surface area contributed by atoms with Gasteiger partial charge >= 0.3 is 0 Å². The number of rotatable bonds is 3. The molecule has 1 aromatic heterocycles. The minimum absolute atomic E-state index is 0.178. The van der Waals surface area contributed by atoms with Crippen molar-refractivity contribution < 1.29 is 4.79 Å². The molecule has 0 bridgehead atoms. The number of nitrogen functional groups attached to an aromatic ring is 1. The van der Waals surface area contributed by atoms with Gasteiger partial charge in [0.05, 0.1) is 16.4 Å². The van der Waals surface area contributed by atoms with E-state index in [4.69, 9.17) is 17.3 Å². The van der Waals surface area contributed by atoms with Gasteiger partial charge in [-0.3, -0.25) is 9.48 Å². The zero-order valence-electron chi connectivity index (χ0n) is 11.6. The number of hydrogen-bond donors (Lipinski definition) is 2. The summed E-state index contributed by atoms with van der Waals surface area (Å²) in [5.74, 6) is -0.178. The molecule has 5 nitrogen and oxygen atoms in total. The highest BCUT2D eigenvalue weighted by Gasteiger charge is 2.18. The van der Waals surface area contributed by atoms with Crippen molar-refractivity contribution in [2.24, 2.45) is 0 Å². The van der Waals surface area contributed by atoms with Crippen LogP contribution in [-0.2, 0) is 4.79 Å². The molecular weight excluding hydrogens is 276 g/mol. The van der Waals surface area contributed by atoms with E-state index in [-0.39, 0.29) is 5.91 Å². The Morgan fingerprint density at radius 3 is 2.65 bits per heavy atom. The van der Waals surface area contributed by atoms with Crippen LogP contribution in [0.15, 0.2) is 24.3 Å². The van der Waals surface area contributed by atoms with Gasteiger partial charge in [-0.05, 0) is 45.0 Å². The molecule has 0 saturated heterocycles. The lowest BCUT2D eigenvalue weighted by atomic mass is 10.2. The minimum atomic E-state index is -0.419. The number of carbonyl (C=O) groups excluding carboxylic acids is 1. The van der Waals surface area contributed by atoms with Gasteiger partial charge in [0.25, 0.3) is 0 Å². The highest BCUT2D eigenvalue weighted by atomic mass is 35.5. The fourth-order valence-electron chi connectivity index (χ4n) is 2.02. The fourth-order valence-corrected chi connectivity index (χ4v) is 2.26. The highest BCUT2D eigenvalue weighted by molar-refractivity contribution is 6.34. The van der Waals surface area contributed by atoms with E-state index in [2.05, 4.69) is 10.4 Å². The number of carbonyl (C=O) groups is 1. The molecule has 0 aliphatic carbocycles. The number of nitrogens with zero attached hydrogens (tertiary/aromatic N) is 2. The molecule has 0 spiro atoms. The number of aromatic nitrogens is 2. The van der Waals surface area contributed by atoms with E-state index in [0.29, 0.717) is 16.4 Å². The lowest BCUT2D eigenvalue weighted by Gasteiger charge is -2.15. The average molecular weight is 293 g/mol. The predicted octanol–water partition coefficient (Wildman–Crippen LogP) is 2.94. The maximum absolute atomic E-state index is 12.2. The molecule has 3 N–H and O–H groups in total. The maximum atomic E-state index is 12.2. The van der Waals surface area contributed by atoms with E-state index >= 15 is 0 Å². The topological polar surface area (TPSA) is 72.9 Å². The number of nitrogens with one attached hydrogen (secondary N) is 1. The van der Waals surface area contributed by atoms with Crippen LogP contribution in [0.3, 0.4) is 0 Å². The monoisotopic (exact) mass is 292 g/mol. The third-order valence-electron chi connectivity index (χ3n) is 3.04. The Balaban J connectivity index is 2.17. The number of halogens is 1. The van der Waals surface area contributed by atoms with Gasteiger partial charge in [-0.25, -0.2) is 0 Å². The summed E-state index contributed by atoms with van der Waals surface area (Å²) >= 11 is 6.04. The van der Waals surface area contributed by atoms with E-state index in [9.17, 15) is 4.79 Å². The molecule has 0 aliphatic rings. The Bertz CT molecular complexity index is 651. The smallest absolute Gasteiger partial charge is 0.248 e. The zero-order valence-corrected chi connectivity index (χ0v) is 12.4. The summed E-state index contributed by atoms with van der Waals surface area (Å²) in [4.78, 5) is 12.2. The first-order chi connectivity index (χ1) is 9.38. The molecule has 0 unspecified atom stereocenters. The molecule has 2 aromatic rings. The highest BCUT2D eigenvalue weighted by Crippen LogP contribution is 2.25. The van der Waals surface area contributed by atoms with E-state index in [1.54, 1.807) is 29.8 Å².